The molecule has 27 heavy (non-hydrogen) atoms. The van der Waals surface area contributed by atoms with Gasteiger partial charge in [0.15, 0.2) is 0 Å². The van der Waals surface area contributed by atoms with E-state index < -0.39 is 0 Å². The largest absolute Gasteiger partial charge is 0.507 e. The lowest BCUT2D eigenvalue weighted by atomic mass is 9.94. The number of nitrogens with one attached hydrogen (secondary N) is 1. The Kier molecular flexibility index (Phi) is 6.74. The Balaban J connectivity index is 1.35. The van der Waals surface area contributed by atoms with Crippen LogP contribution in [0.4, 0.5) is 0 Å². The van der Waals surface area contributed by atoms with E-state index in [1.54, 1.807) is 25.3 Å². The fraction of sp³-hybridized carbons (Fsp3) is 0.435. The second-order valence-electron chi connectivity index (χ2n) is 7.42. The molecule has 0 spiro atoms. The van der Waals surface area contributed by atoms with Gasteiger partial charge in [0.05, 0.1) is 12.7 Å². The number of ether oxygens (including phenoxy) is 1. The lowest BCUT2D eigenvalue weighted by Gasteiger charge is -2.13. The van der Waals surface area contributed by atoms with Gasteiger partial charge in [-0.2, -0.15) is 0 Å². The summed E-state index contributed by atoms with van der Waals surface area (Å²) in [5.41, 5.74) is 1.74. The number of phenolic OH excluding ortho intramolecular Hbond substituents is 1. The van der Waals surface area contributed by atoms with E-state index in [1.807, 2.05) is 6.07 Å². The van der Waals surface area contributed by atoms with Crippen LogP contribution in [0.25, 0.3) is 0 Å². The minimum absolute atomic E-state index is 0.0320. The lowest BCUT2D eigenvalue weighted by molar-refractivity contribution is 0.0950. The predicted octanol–water partition coefficient (Wildman–Crippen LogP) is 4.88. The number of methoxy groups -OCH3 is 1. The number of amides is 1. The van der Waals surface area contributed by atoms with Gasteiger partial charge >= 0.3 is 0 Å². The molecule has 4 nitrogen and oxygen atoms in total. The first-order valence-electron chi connectivity index (χ1n) is 9.87. The first-order chi connectivity index (χ1) is 13.2. The number of carbonyl (C=O) groups is 1. The summed E-state index contributed by atoms with van der Waals surface area (Å²) in [6, 6.07) is 15.1. The van der Waals surface area contributed by atoms with Crippen molar-refractivity contribution in [3.63, 3.8) is 0 Å². The number of carbonyl (C=O) groups excluding carboxylic acids is 1. The summed E-state index contributed by atoms with van der Waals surface area (Å²) in [7, 11) is 1.72. The van der Waals surface area contributed by atoms with E-state index in [1.165, 1.54) is 37.3 Å². The fourth-order valence-corrected chi connectivity index (χ4v) is 4.06. The van der Waals surface area contributed by atoms with E-state index in [9.17, 15) is 9.90 Å². The van der Waals surface area contributed by atoms with E-state index >= 15 is 0 Å². The van der Waals surface area contributed by atoms with Crippen molar-refractivity contribution in [2.75, 3.05) is 13.7 Å². The quantitative estimate of drug-likeness (QED) is 0.654. The Labute approximate surface area is 161 Å². The first-order valence-corrected chi connectivity index (χ1v) is 9.87. The van der Waals surface area contributed by atoms with Crippen LogP contribution in [0.1, 0.15) is 60.4 Å². The molecule has 1 amide bonds. The van der Waals surface area contributed by atoms with Gasteiger partial charge in [-0.3, -0.25) is 4.79 Å². The van der Waals surface area contributed by atoms with Crippen LogP contribution in [0.15, 0.2) is 48.5 Å². The average Bonchev–Trinajstić information content (AvgIpc) is 3.17. The zero-order chi connectivity index (χ0) is 19.1. The molecule has 4 heteroatoms. The fourth-order valence-electron chi connectivity index (χ4n) is 4.06. The minimum atomic E-state index is -0.202. The molecule has 0 aromatic heterocycles. The molecule has 1 fully saturated rings. The second kappa shape index (κ2) is 9.45. The lowest BCUT2D eigenvalue weighted by Crippen LogP contribution is -2.24. The Morgan fingerprint density at radius 3 is 2.81 bits per heavy atom. The van der Waals surface area contributed by atoms with Gasteiger partial charge in [-0.15, -0.1) is 0 Å². The zero-order valence-electron chi connectivity index (χ0n) is 16.0. The summed E-state index contributed by atoms with van der Waals surface area (Å²) in [5.74, 6) is 2.19. The Bertz CT molecular complexity index is 759. The van der Waals surface area contributed by atoms with Crippen molar-refractivity contribution >= 4 is 5.91 Å². The molecular formula is C23H29NO3. The second-order valence-corrected chi connectivity index (χ2v) is 7.42. The maximum atomic E-state index is 12.1. The molecule has 2 unspecified atom stereocenters. The number of aromatic hydroxyl groups is 1. The number of phenols is 1. The van der Waals surface area contributed by atoms with Crippen molar-refractivity contribution in [3.8, 4) is 11.5 Å². The van der Waals surface area contributed by atoms with Gasteiger partial charge in [0.2, 0.25) is 0 Å². The summed E-state index contributed by atoms with van der Waals surface area (Å²) in [6.07, 6.45) is 7.09. The summed E-state index contributed by atoms with van der Waals surface area (Å²) in [5, 5.41) is 12.6. The topological polar surface area (TPSA) is 58.6 Å². The molecular weight excluding hydrogens is 338 g/mol. The van der Waals surface area contributed by atoms with Crippen LogP contribution >= 0.6 is 0 Å². The Morgan fingerprint density at radius 2 is 2.00 bits per heavy atom. The van der Waals surface area contributed by atoms with Crippen LogP contribution in [0.3, 0.4) is 0 Å². The van der Waals surface area contributed by atoms with Crippen LogP contribution in [-0.2, 0) is 0 Å². The molecule has 0 bridgehead atoms. The van der Waals surface area contributed by atoms with Gasteiger partial charge in [0.25, 0.3) is 5.91 Å². The van der Waals surface area contributed by atoms with Gasteiger partial charge in [0, 0.05) is 6.54 Å². The van der Waals surface area contributed by atoms with Crippen LogP contribution in [0.5, 0.6) is 11.5 Å². The van der Waals surface area contributed by atoms with Crippen molar-refractivity contribution in [2.24, 2.45) is 5.92 Å². The molecule has 2 atom stereocenters. The molecule has 0 aliphatic heterocycles. The normalized spacial score (nSPS) is 19.0. The van der Waals surface area contributed by atoms with E-state index in [4.69, 9.17) is 4.74 Å². The standard InChI is InChI=1S/C23H29NO3/c1-27-20-9-6-8-18(16-20)19-13-12-17(15-19)7-4-5-14-24-23(26)21-10-2-3-11-22(21)25/h2-3,6,8-11,16-17,19,25H,4-5,7,12-15H2,1H3,(H,24,26). The molecule has 0 radical (unpaired) electrons. The Morgan fingerprint density at radius 1 is 1.15 bits per heavy atom. The molecule has 1 aliphatic rings. The van der Waals surface area contributed by atoms with E-state index in [-0.39, 0.29) is 11.7 Å². The van der Waals surface area contributed by atoms with Crippen molar-refractivity contribution in [3.05, 3.63) is 59.7 Å². The van der Waals surface area contributed by atoms with Gasteiger partial charge in [0.1, 0.15) is 11.5 Å². The van der Waals surface area contributed by atoms with Crippen molar-refractivity contribution in [1.82, 2.24) is 5.32 Å². The van der Waals surface area contributed by atoms with Gasteiger partial charge in [-0.05, 0) is 67.3 Å². The molecule has 1 saturated carbocycles. The maximum Gasteiger partial charge on any atom is 0.255 e. The highest BCUT2D eigenvalue weighted by Gasteiger charge is 2.25. The number of rotatable bonds is 8. The predicted molar refractivity (Wildman–Crippen MR) is 107 cm³/mol. The molecule has 0 heterocycles. The number of hydrogen-bond acceptors (Lipinski definition) is 3. The highest BCUT2D eigenvalue weighted by atomic mass is 16.5. The summed E-state index contributed by atoms with van der Waals surface area (Å²) < 4.78 is 5.34. The summed E-state index contributed by atoms with van der Waals surface area (Å²) >= 11 is 0. The van der Waals surface area contributed by atoms with Crippen LogP contribution in [-0.4, -0.2) is 24.7 Å². The van der Waals surface area contributed by atoms with Crippen LogP contribution < -0.4 is 10.1 Å². The SMILES string of the molecule is COc1cccc(C2CCC(CCCCNC(=O)c3ccccc3O)C2)c1. The maximum absolute atomic E-state index is 12.1. The smallest absolute Gasteiger partial charge is 0.255 e. The zero-order valence-corrected chi connectivity index (χ0v) is 16.0. The number of hydrogen-bond donors (Lipinski definition) is 2. The monoisotopic (exact) mass is 367 g/mol. The third kappa shape index (κ3) is 5.25. The molecule has 3 rings (SSSR count). The summed E-state index contributed by atoms with van der Waals surface area (Å²) in [4.78, 5) is 12.1. The highest BCUT2D eigenvalue weighted by molar-refractivity contribution is 5.96. The van der Waals surface area contributed by atoms with E-state index in [0.717, 1.165) is 24.5 Å². The first kappa shape index (κ1) is 19.3. The van der Waals surface area contributed by atoms with Gasteiger partial charge < -0.3 is 15.2 Å². The van der Waals surface area contributed by atoms with Gasteiger partial charge in [-0.1, -0.05) is 37.1 Å². The number of benzene rings is 2. The summed E-state index contributed by atoms with van der Waals surface area (Å²) in [6.45, 7) is 0.652. The third-order valence-corrected chi connectivity index (χ3v) is 5.58. The van der Waals surface area contributed by atoms with Crippen molar-refractivity contribution in [2.45, 2.75) is 44.4 Å². The average molecular weight is 367 g/mol. The van der Waals surface area contributed by atoms with Gasteiger partial charge in [-0.25, -0.2) is 0 Å². The molecule has 144 valence electrons. The number of unbranched alkanes of at least 4 members (excludes halogenated alkanes) is 1. The van der Waals surface area contributed by atoms with Crippen molar-refractivity contribution in [1.29, 1.82) is 0 Å². The molecule has 1 aliphatic carbocycles. The van der Waals surface area contributed by atoms with E-state index in [2.05, 4.69) is 23.5 Å². The van der Waals surface area contributed by atoms with Crippen LogP contribution in [0.2, 0.25) is 0 Å². The van der Waals surface area contributed by atoms with Crippen LogP contribution in [0, 0.1) is 5.92 Å². The molecule has 2 aromatic rings. The highest BCUT2D eigenvalue weighted by Crippen LogP contribution is 2.41. The Hall–Kier alpha value is -2.49. The number of para-hydroxylation sites is 1. The molecule has 2 N–H and O–H groups in total. The van der Waals surface area contributed by atoms with E-state index in [0.29, 0.717) is 18.0 Å². The minimum Gasteiger partial charge on any atom is -0.507 e. The molecule has 2 aromatic carbocycles. The molecule has 0 saturated heterocycles. The third-order valence-electron chi connectivity index (χ3n) is 5.58. The van der Waals surface area contributed by atoms with Crippen molar-refractivity contribution < 1.29 is 14.6 Å².